The summed E-state index contributed by atoms with van der Waals surface area (Å²) in [5, 5.41) is 9.13. The van der Waals surface area contributed by atoms with Gasteiger partial charge in [0.05, 0.1) is 18.3 Å². The molecule has 0 bridgehead atoms. The van der Waals surface area contributed by atoms with Gasteiger partial charge in [-0.2, -0.15) is 0 Å². The van der Waals surface area contributed by atoms with E-state index in [4.69, 9.17) is 5.11 Å². The first kappa shape index (κ1) is 17.7. The molecule has 0 spiro atoms. The number of likely N-dealkylation sites (N-methyl/N-ethyl adjacent to an activating group) is 2. The highest BCUT2D eigenvalue weighted by atomic mass is 19.1. The predicted molar refractivity (Wildman–Crippen MR) is 89.4 cm³/mol. The number of carbonyl (C=O) groups excluding carboxylic acids is 1. The highest BCUT2D eigenvalue weighted by molar-refractivity contribution is 5.94. The lowest BCUT2D eigenvalue weighted by molar-refractivity contribution is 0.0681. The molecule has 1 heterocycles. The maximum absolute atomic E-state index is 14.4. The molecule has 2 rings (SSSR count). The standard InChI is InChI=1S/C17H26FN3O2/c1-4-20-7-9-21(10-8-20)16-6-5-14(11-15(16)18)17(23)19(3)13(2)12-22/h5-6,11,13,22H,4,7-10,12H2,1-3H3. The van der Waals surface area contributed by atoms with Gasteiger partial charge in [0.25, 0.3) is 5.91 Å². The molecule has 0 saturated carbocycles. The lowest BCUT2D eigenvalue weighted by atomic mass is 10.1. The Kier molecular flexibility index (Phi) is 5.96. The Morgan fingerprint density at radius 3 is 2.52 bits per heavy atom. The zero-order valence-electron chi connectivity index (χ0n) is 14.1. The van der Waals surface area contributed by atoms with Gasteiger partial charge in [0.2, 0.25) is 0 Å². The number of benzene rings is 1. The molecular formula is C17H26FN3O2. The summed E-state index contributed by atoms with van der Waals surface area (Å²) in [4.78, 5) is 18.1. The second-order valence-corrected chi connectivity index (χ2v) is 6.04. The maximum Gasteiger partial charge on any atom is 0.254 e. The van der Waals surface area contributed by atoms with E-state index < -0.39 is 0 Å². The van der Waals surface area contributed by atoms with Gasteiger partial charge in [0.15, 0.2) is 0 Å². The number of hydrogen-bond acceptors (Lipinski definition) is 4. The number of amides is 1. The number of rotatable bonds is 5. The van der Waals surface area contributed by atoms with Gasteiger partial charge in [-0.05, 0) is 31.7 Å². The molecule has 1 amide bonds. The van der Waals surface area contributed by atoms with E-state index in [0.29, 0.717) is 11.3 Å². The quantitative estimate of drug-likeness (QED) is 0.890. The molecule has 1 N–H and O–H groups in total. The smallest absolute Gasteiger partial charge is 0.254 e. The highest BCUT2D eigenvalue weighted by Crippen LogP contribution is 2.22. The third-order valence-electron chi connectivity index (χ3n) is 4.60. The van der Waals surface area contributed by atoms with Crippen LogP contribution in [0.1, 0.15) is 24.2 Å². The van der Waals surface area contributed by atoms with Crippen LogP contribution in [0.5, 0.6) is 0 Å². The zero-order chi connectivity index (χ0) is 17.0. The molecule has 1 atom stereocenters. The minimum atomic E-state index is -0.370. The molecule has 1 saturated heterocycles. The van der Waals surface area contributed by atoms with Gasteiger partial charge in [0, 0.05) is 38.8 Å². The topological polar surface area (TPSA) is 47.0 Å². The first-order valence-corrected chi connectivity index (χ1v) is 8.12. The van der Waals surface area contributed by atoms with Crippen molar-refractivity contribution in [3.05, 3.63) is 29.6 Å². The van der Waals surface area contributed by atoms with Gasteiger partial charge in [-0.3, -0.25) is 4.79 Å². The van der Waals surface area contributed by atoms with Crippen LogP contribution in [-0.2, 0) is 0 Å². The molecule has 23 heavy (non-hydrogen) atoms. The van der Waals surface area contributed by atoms with Gasteiger partial charge in [-0.15, -0.1) is 0 Å². The van der Waals surface area contributed by atoms with Crippen molar-refractivity contribution in [2.24, 2.45) is 0 Å². The number of anilines is 1. The summed E-state index contributed by atoms with van der Waals surface area (Å²) in [5.74, 6) is -0.654. The SMILES string of the molecule is CCN1CCN(c2ccc(C(=O)N(C)C(C)CO)cc2F)CC1. The third-order valence-corrected chi connectivity index (χ3v) is 4.60. The number of aliphatic hydroxyl groups is 1. The molecule has 1 aromatic rings. The van der Waals surface area contributed by atoms with Crippen LogP contribution in [0.4, 0.5) is 10.1 Å². The molecular weight excluding hydrogens is 297 g/mol. The van der Waals surface area contributed by atoms with Gasteiger partial charge >= 0.3 is 0 Å². The van der Waals surface area contributed by atoms with Crippen LogP contribution in [0.15, 0.2) is 18.2 Å². The van der Waals surface area contributed by atoms with Crippen LogP contribution >= 0.6 is 0 Å². The van der Waals surface area contributed by atoms with Crippen molar-refractivity contribution in [1.29, 1.82) is 0 Å². The van der Waals surface area contributed by atoms with Crippen LogP contribution in [-0.4, -0.2) is 73.2 Å². The van der Waals surface area contributed by atoms with E-state index in [1.807, 2.05) is 4.90 Å². The average Bonchev–Trinajstić information content (AvgIpc) is 2.59. The Morgan fingerprint density at radius 2 is 2.00 bits per heavy atom. The molecule has 1 aliphatic rings. The fourth-order valence-electron chi connectivity index (χ4n) is 2.73. The normalized spacial score (nSPS) is 17.2. The van der Waals surface area contributed by atoms with E-state index in [9.17, 15) is 9.18 Å². The summed E-state index contributed by atoms with van der Waals surface area (Å²) < 4.78 is 14.4. The lowest BCUT2D eigenvalue weighted by Crippen LogP contribution is -2.46. The van der Waals surface area contributed by atoms with Crippen molar-refractivity contribution in [3.63, 3.8) is 0 Å². The Morgan fingerprint density at radius 1 is 1.35 bits per heavy atom. The van der Waals surface area contributed by atoms with Crippen molar-refractivity contribution in [3.8, 4) is 0 Å². The molecule has 5 nitrogen and oxygen atoms in total. The van der Waals surface area contributed by atoms with E-state index >= 15 is 0 Å². The summed E-state index contributed by atoms with van der Waals surface area (Å²) in [5.41, 5.74) is 0.858. The van der Waals surface area contributed by atoms with Crippen LogP contribution in [0.25, 0.3) is 0 Å². The molecule has 0 aliphatic carbocycles. The summed E-state index contributed by atoms with van der Waals surface area (Å²) in [6.07, 6.45) is 0. The summed E-state index contributed by atoms with van der Waals surface area (Å²) >= 11 is 0. The number of nitrogens with zero attached hydrogens (tertiary/aromatic N) is 3. The van der Waals surface area contributed by atoms with E-state index in [1.54, 1.807) is 26.1 Å². The summed E-state index contributed by atoms with van der Waals surface area (Å²) in [6, 6.07) is 4.34. The Labute approximate surface area is 137 Å². The molecule has 128 valence electrons. The van der Waals surface area contributed by atoms with Crippen LogP contribution in [0.3, 0.4) is 0 Å². The van der Waals surface area contributed by atoms with Crippen LogP contribution in [0.2, 0.25) is 0 Å². The number of aliphatic hydroxyl groups excluding tert-OH is 1. The van der Waals surface area contributed by atoms with E-state index in [2.05, 4.69) is 11.8 Å². The van der Waals surface area contributed by atoms with Gasteiger partial charge < -0.3 is 19.8 Å². The fraction of sp³-hybridized carbons (Fsp3) is 0.588. The molecule has 1 aromatic carbocycles. The van der Waals surface area contributed by atoms with E-state index in [0.717, 1.165) is 32.7 Å². The van der Waals surface area contributed by atoms with Crippen LogP contribution < -0.4 is 4.90 Å². The van der Waals surface area contributed by atoms with Crippen LogP contribution in [0, 0.1) is 5.82 Å². The Bertz CT molecular complexity index is 545. The number of piperazine rings is 1. The minimum absolute atomic E-state index is 0.121. The number of carbonyl (C=O) groups is 1. The molecule has 0 radical (unpaired) electrons. The van der Waals surface area contributed by atoms with E-state index in [1.165, 1.54) is 11.0 Å². The second-order valence-electron chi connectivity index (χ2n) is 6.04. The van der Waals surface area contributed by atoms with Crippen molar-refractivity contribution in [1.82, 2.24) is 9.80 Å². The van der Waals surface area contributed by atoms with Crippen molar-refractivity contribution in [2.45, 2.75) is 19.9 Å². The molecule has 6 heteroatoms. The molecule has 1 unspecified atom stereocenters. The number of halogens is 1. The first-order valence-electron chi connectivity index (χ1n) is 8.12. The highest BCUT2D eigenvalue weighted by Gasteiger charge is 2.21. The summed E-state index contributed by atoms with van der Waals surface area (Å²) in [6.45, 7) is 8.19. The molecule has 0 aromatic heterocycles. The van der Waals surface area contributed by atoms with Gasteiger partial charge in [-0.1, -0.05) is 6.92 Å². The first-order chi connectivity index (χ1) is 11.0. The monoisotopic (exact) mass is 323 g/mol. The predicted octanol–water partition coefficient (Wildman–Crippen LogP) is 1.42. The number of hydrogen-bond donors (Lipinski definition) is 1. The fourth-order valence-corrected chi connectivity index (χ4v) is 2.73. The summed E-state index contributed by atoms with van der Waals surface area (Å²) in [7, 11) is 1.61. The largest absolute Gasteiger partial charge is 0.394 e. The van der Waals surface area contributed by atoms with Crippen molar-refractivity contribution < 1.29 is 14.3 Å². The van der Waals surface area contributed by atoms with E-state index in [-0.39, 0.29) is 24.4 Å². The average molecular weight is 323 g/mol. The lowest BCUT2D eigenvalue weighted by Gasteiger charge is -2.35. The third kappa shape index (κ3) is 4.00. The second kappa shape index (κ2) is 7.75. The minimum Gasteiger partial charge on any atom is -0.394 e. The van der Waals surface area contributed by atoms with Gasteiger partial charge in [0.1, 0.15) is 5.82 Å². The molecule has 1 fully saturated rings. The van der Waals surface area contributed by atoms with Gasteiger partial charge in [-0.25, -0.2) is 4.39 Å². The van der Waals surface area contributed by atoms with Crippen molar-refractivity contribution >= 4 is 11.6 Å². The maximum atomic E-state index is 14.4. The molecule has 1 aliphatic heterocycles. The van der Waals surface area contributed by atoms with Crippen molar-refractivity contribution in [2.75, 3.05) is 51.3 Å². The Balaban J connectivity index is 2.10. The Hall–Kier alpha value is -1.66. The zero-order valence-corrected chi connectivity index (χ0v) is 14.1.